The summed E-state index contributed by atoms with van der Waals surface area (Å²) >= 11 is 0. The van der Waals surface area contributed by atoms with E-state index in [1.165, 1.54) is 0 Å². The number of pyridine rings is 8. The maximum absolute atomic E-state index is 8.06. The highest BCUT2D eigenvalue weighted by atomic mass is 16.4. The van der Waals surface area contributed by atoms with Gasteiger partial charge in [0.1, 0.15) is 0 Å². The Morgan fingerprint density at radius 1 is 0.371 bits per heavy atom. The molecule has 0 unspecified atom stereocenters. The van der Waals surface area contributed by atoms with Crippen LogP contribution in [0.25, 0.3) is 67.2 Å². The third kappa shape index (κ3) is 11.9. The van der Waals surface area contributed by atoms with E-state index in [0.29, 0.717) is 96.3 Å². The minimum Gasteiger partial charge on any atom is -0.404 e. The standard InChI is InChI=1S/C20H23BN3O.3C19H21BN3O/c1-12-9-17(23(6)11-14(12)3)24-20-18(13(2)10-21(24)5)16-8-7-15(4)22-19(16)25-20;1-12-6-9-16(22(5)11-12)23-19-17(13(2)10-20(23)4)15-8-7-14(3)21-18(15)24-19;1-12-10-17(22(5)11-13(12)2)23-19-16(8-9-20(23)4)15-7-6-14(3)21-18(15)24-19;1-12-8-9-22(5)16(10-12)23-19-17(13(2)11-20(23)4)15-7-6-14(3)21-18(15)24-19/h7-11H,1-6H3;3*6-11H,1-5H3/q4*+1/i2D3,3D3;1D3,2D3;2*2D3. The van der Waals surface area contributed by atoms with Crippen molar-refractivity contribution in [1.29, 1.82) is 0 Å². The zero-order valence-corrected chi connectivity index (χ0v) is 57.1. The normalized spacial score (nSPS) is 17.5. The van der Waals surface area contributed by atoms with E-state index in [1.807, 2.05) is 173 Å². The molecule has 0 aliphatic carbocycles. The predicted octanol–water partition coefficient (Wildman–Crippen LogP) is 16.2. The summed E-state index contributed by atoms with van der Waals surface area (Å²) in [4.78, 5) is 25.8. The highest BCUT2D eigenvalue weighted by Gasteiger charge is 2.44. The maximum atomic E-state index is 8.06. The molecule has 0 aromatic carbocycles. The fourth-order valence-corrected chi connectivity index (χ4v) is 13.1. The molecule has 16 rings (SSSR count). The van der Waals surface area contributed by atoms with Gasteiger partial charge in [0.25, 0.3) is 46.8 Å². The van der Waals surface area contributed by atoms with Crippen molar-refractivity contribution in [3.63, 3.8) is 0 Å². The molecular weight excluding hydrogens is 1200 g/mol. The second kappa shape index (κ2) is 25.4. The quantitative estimate of drug-likeness (QED) is 0.123. The highest BCUT2D eigenvalue weighted by molar-refractivity contribution is 6.72. The van der Waals surface area contributed by atoms with Gasteiger partial charge in [-0.3, -0.25) is 19.2 Å². The van der Waals surface area contributed by atoms with Crippen LogP contribution in [-0.2, 0) is 28.2 Å². The summed E-state index contributed by atoms with van der Waals surface area (Å²) in [6.07, 6.45) is 8.91. The molecule has 0 fully saturated rings. The molecule has 486 valence electrons. The van der Waals surface area contributed by atoms with Crippen LogP contribution in [-0.4, -0.2) is 47.3 Å². The molecule has 16 heterocycles. The van der Waals surface area contributed by atoms with Gasteiger partial charge in [0, 0.05) is 71.7 Å². The average molecular weight is 1300 g/mol. The highest BCUT2D eigenvalue weighted by Crippen LogP contribution is 2.47. The molecule has 0 saturated carbocycles. The Balaban J connectivity index is 0.000000134. The third-order valence-corrected chi connectivity index (χ3v) is 18.1. The van der Waals surface area contributed by atoms with Gasteiger partial charge in [0.15, 0.2) is 0 Å². The van der Waals surface area contributed by atoms with Crippen LogP contribution < -0.4 is 37.5 Å². The fraction of sp³-hybridized carbons (Fsp3) is 0.273. The Hall–Kier alpha value is -10.2. The number of hydrogen-bond donors (Lipinski definition) is 0. The average Bonchev–Trinajstić information content (AvgIpc) is 1.62. The number of fused-ring (bicyclic) bond motifs is 12. The Labute approximate surface area is 596 Å². The first-order chi connectivity index (χ1) is 53.5. The molecule has 20 heteroatoms. The third-order valence-electron chi connectivity index (χ3n) is 18.1. The molecule has 12 aromatic rings. The summed E-state index contributed by atoms with van der Waals surface area (Å²) in [6, 6.07) is 26.2. The molecule has 4 aliphatic heterocycles. The van der Waals surface area contributed by atoms with E-state index in [9.17, 15) is 0 Å². The lowest BCUT2D eigenvalue weighted by Crippen LogP contribution is -2.44. The summed E-state index contributed by atoms with van der Waals surface area (Å²) < 4.78 is 174. The van der Waals surface area contributed by atoms with Gasteiger partial charge in [-0.05, 0) is 228 Å². The molecule has 0 N–H and O–H groups in total. The number of rotatable bonds is 4. The largest absolute Gasteiger partial charge is 0.406 e. The molecule has 12 aromatic heterocycles. The summed E-state index contributed by atoms with van der Waals surface area (Å²) in [5.41, 5.74) is 11.8. The monoisotopic (exact) mass is 1300 g/mol. The number of aryl methyl sites for hydroxylation is 14. The van der Waals surface area contributed by atoms with Gasteiger partial charge in [-0.25, -0.2) is 38.2 Å². The lowest BCUT2D eigenvalue weighted by molar-refractivity contribution is -0.658. The van der Waals surface area contributed by atoms with Gasteiger partial charge in [-0.1, -0.05) is 30.0 Å². The number of furan rings is 4. The van der Waals surface area contributed by atoms with Crippen LogP contribution >= 0.6 is 0 Å². The van der Waals surface area contributed by atoms with Gasteiger partial charge >= 0.3 is 27.4 Å². The van der Waals surface area contributed by atoms with Crippen LogP contribution in [0.3, 0.4) is 0 Å². The topological polar surface area (TPSA) is 133 Å². The van der Waals surface area contributed by atoms with Crippen LogP contribution in [0, 0.1) is 69.0 Å². The van der Waals surface area contributed by atoms with Gasteiger partial charge in [0.2, 0.25) is 22.9 Å². The summed E-state index contributed by atoms with van der Waals surface area (Å²) in [5, 5.41) is 2.97. The van der Waals surface area contributed by atoms with E-state index in [2.05, 4.69) is 49.7 Å². The predicted molar refractivity (Wildman–Crippen MR) is 399 cm³/mol. The summed E-state index contributed by atoms with van der Waals surface area (Å²) in [6.45, 7) is 6.71. The molecule has 0 amide bonds. The van der Waals surface area contributed by atoms with Crippen molar-refractivity contribution in [1.82, 2.24) is 19.9 Å². The molecule has 4 aliphatic rings. The zero-order valence-electron chi connectivity index (χ0n) is 75.1. The molecule has 0 radical (unpaired) electrons. The molecule has 0 spiro atoms. The molecule has 0 bridgehead atoms. The smallest absolute Gasteiger partial charge is 0.404 e. The van der Waals surface area contributed by atoms with Gasteiger partial charge in [-0.15, -0.1) is 0 Å². The number of anilines is 8. The van der Waals surface area contributed by atoms with Crippen LogP contribution in [0.5, 0.6) is 0 Å². The second-order valence-electron chi connectivity index (χ2n) is 25.7. The van der Waals surface area contributed by atoms with E-state index in [-0.39, 0.29) is 49.7 Å². The summed E-state index contributed by atoms with van der Waals surface area (Å²) in [7, 11) is 7.35. The number of nitrogens with zero attached hydrogens (tertiary/aromatic N) is 12. The van der Waals surface area contributed by atoms with E-state index >= 15 is 0 Å². The van der Waals surface area contributed by atoms with Crippen LogP contribution in [0.15, 0.2) is 151 Å². The van der Waals surface area contributed by atoms with Crippen LogP contribution in [0.2, 0.25) is 27.3 Å². The summed E-state index contributed by atoms with van der Waals surface area (Å²) in [5.74, 6) is 12.6. The molecule has 16 nitrogen and oxygen atoms in total. The van der Waals surface area contributed by atoms with Crippen molar-refractivity contribution < 1.29 is 60.6 Å². The van der Waals surface area contributed by atoms with Crippen molar-refractivity contribution in [3.8, 4) is 0 Å². The minimum absolute atomic E-state index is 0.0587. The van der Waals surface area contributed by atoms with Crippen LogP contribution in [0.4, 0.5) is 46.8 Å². The van der Waals surface area contributed by atoms with E-state index in [0.717, 1.165) is 67.8 Å². The minimum atomic E-state index is -2.32. The molecule has 0 atom stereocenters. The van der Waals surface area contributed by atoms with Crippen molar-refractivity contribution in [2.75, 3.05) is 19.2 Å². The Kier molecular flexibility index (Phi) is 12.3. The van der Waals surface area contributed by atoms with E-state index < -0.39 is 41.1 Å². The van der Waals surface area contributed by atoms with Crippen molar-refractivity contribution in [2.24, 2.45) is 28.2 Å². The van der Waals surface area contributed by atoms with Gasteiger partial charge in [-0.2, -0.15) is 0 Å². The first-order valence-electron chi connectivity index (χ1n) is 41.1. The zero-order chi connectivity index (χ0) is 83.9. The number of aromatic nitrogens is 8. The van der Waals surface area contributed by atoms with Gasteiger partial charge in [0.05, 0.1) is 96.8 Å². The maximum Gasteiger partial charge on any atom is 0.406 e. The molecular formula is C77H86B4N12O4+4. The Morgan fingerprint density at radius 3 is 1.19 bits per heavy atom. The SMILES string of the molecule is [2H]C([2H])([2H])C1=CB(C)N(c2cc(C)c(C([2H])([2H])[2H])c[n+]2C)c2oc3nc(C)ccc3c21.[2H]C([2H])([2H])C1=CB(C)N(c2cc(C)cc[n+]2C)c2oc3nc(C)ccc3c21.[2H]C([2H])([2H])C1=CB(C)N(c2ccc(C([2H])([2H])[2H])c[n+]2C)c2oc3nc(C)ccc3c21.[2H]C([2H])([2H])c1c[n+](C)c(N2B(C)C=Cc3c2oc2nc(C)ccc32)cc1C. The van der Waals surface area contributed by atoms with E-state index in [4.69, 9.17) is 42.3 Å². The molecule has 97 heavy (non-hydrogen) atoms. The van der Waals surface area contributed by atoms with Crippen molar-refractivity contribution in [2.45, 2.75) is 117 Å². The lowest BCUT2D eigenvalue weighted by atomic mass is 9.59. The Bertz CT molecular complexity index is 6030. The number of allylic oxidation sites excluding steroid dienone is 3. The number of hydrogen-bond acceptors (Lipinski definition) is 12. The van der Waals surface area contributed by atoms with Gasteiger partial charge < -0.3 is 17.7 Å². The first kappa shape index (κ1) is 46.8. The van der Waals surface area contributed by atoms with Crippen molar-refractivity contribution in [3.05, 3.63) is 212 Å². The second-order valence-corrected chi connectivity index (χ2v) is 25.7. The van der Waals surface area contributed by atoms with E-state index in [1.54, 1.807) is 78.9 Å². The lowest BCUT2D eigenvalue weighted by Gasteiger charge is -2.24. The Morgan fingerprint density at radius 2 is 0.763 bits per heavy atom. The molecule has 0 saturated heterocycles. The van der Waals surface area contributed by atoms with Crippen molar-refractivity contribution >= 4 is 141 Å². The van der Waals surface area contributed by atoms with Crippen LogP contribution in [0.1, 0.15) is 124 Å². The fourth-order valence-electron chi connectivity index (χ4n) is 13.1. The first-order valence-corrected chi connectivity index (χ1v) is 32.1.